The topological polar surface area (TPSA) is 89.7 Å². The molecule has 0 spiro atoms. The number of hydrogen-bond donors (Lipinski definition) is 1. The van der Waals surface area contributed by atoms with Crippen LogP contribution in [0.1, 0.15) is 15.9 Å². The third kappa shape index (κ3) is 3.11. The number of carbonyl (C=O) groups is 1. The molecule has 0 atom stereocenters. The average Bonchev–Trinajstić information content (AvgIpc) is 2.42. The van der Waals surface area contributed by atoms with Gasteiger partial charge >= 0.3 is 11.7 Å². The molecule has 0 amide bonds. The van der Waals surface area contributed by atoms with Crippen LogP contribution in [0.25, 0.3) is 0 Å². The van der Waals surface area contributed by atoms with Gasteiger partial charge in [0, 0.05) is 6.07 Å². The zero-order chi connectivity index (χ0) is 15.6. The molecule has 0 fully saturated rings. The summed E-state index contributed by atoms with van der Waals surface area (Å²) in [5.74, 6) is -0.972. The Kier molecular flexibility index (Phi) is 4.09. The molecule has 0 unspecified atom stereocenters. The van der Waals surface area contributed by atoms with Crippen molar-refractivity contribution in [3.63, 3.8) is 0 Å². The highest BCUT2D eigenvalue weighted by molar-refractivity contribution is 6.33. The summed E-state index contributed by atoms with van der Waals surface area (Å²) >= 11 is 5.76. The molecule has 0 saturated carbocycles. The summed E-state index contributed by atoms with van der Waals surface area (Å²) in [5, 5.41) is 20.1. The molecule has 0 saturated heterocycles. The zero-order valence-electron chi connectivity index (χ0n) is 10.9. The van der Waals surface area contributed by atoms with E-state index in [9.17, 15) is 14.9 Å². The van der Waals surface area contributed by atoms with Crippen LogP contribution in [0.4, 0.5) is 5.69 Å². The number of para-hydroxylation sites is 1. The molecule has 6 nitrogen and oxygen atoms in total. The van der Waals surface area contributed by atoms with Gasteiger partial charge in [-0.05, 0) is 30.7 Å². The minimum absolute atomic E-state index is 0.0640. The van der Waals surface area contributed by atoms with Gasteiger partial charge in [-0.1, -0.05) is 23.7 Å². The van der Waals surface area contributed by atoms with E-state index in [0.717, 1.165) is 0 Å². The van der Waals surface area contributed by atoms with Crippen molar-refractivity contribution in [1.29, 1.82) is 0 Å². The molecule has 0 heterocycles. The first-order valence-electron chi connectivity index (χ1n) is 5.85. The predicted molar refractivity (Wildman–Crippen MR) is 76.3 cm³/mol. The van der Waals surface area contributed by atoms with Crippen LogP contribution in [-0.2, 0) is 0 Å². The molecule has 0 aliphatic rings. The summed E-state index contributed by atoms with van der Waals surface area (Å²) in [6.45, 7) is 1.66. The van der Waals surface area contributed by atoms with Crippen LogP contribution in [0.3, 0.4) is 0 Å². The molecule has 1 N–H and O–H groups in total. The first kappa shape index (κ1) is 14.8. The van der Waals surface area contributed by atoms with Crippen molar-refractivity contribution in [2.24, 2.45) is 0 Å². The van der Waals surface area contributed by atoms with Crippen LogP contribution in [-0.4, -0.2) is 16.0 Å². The molecule has 0 aliphatic carbocycles. The summed E-state index contributed by atoms with van der Waals surface area (Å²) in [4.78, 5) is 21.5. The highest BCUT2D eigenvalue weighted by Crippen LogP contribution is 2.35. The second-order valence-corrected chi connectivity index (χ2v) is 4.64. The van der Waals surface area contributed by atoms with Gasteiger partial charge in [-0.2, -0.15) is 0 Å². The summed E-state index contributed by atoms with van der Waals surface area (Å²) < 4.78 is 5.48. The molecule has 2 aromatic carbocycles. The van der Waals surface area contributed by atoms with Crippen LogP contribution >= 0.6 is 11.6 Å². The van der Waals surface area contributed by atoms with Gasteiger partial charge in [0.15, 0.2) is 0 Å². The largest absolute Gasteiger partial charge is 0.478 e. The van der Waals surface area contributed by atoms with E-state index in [2.05, 4.69) is 0 Å². The Morgan fingerprint density at radius 1 is 1.33 bits per heavy atom. The zero-order valence-corrected chi connectivity index (χ0v) is 11.6. The number of halogens is 1. The Morgan fingerprint density at radius 3 is 2.67 bits per heavy atom. The minimum atomic E-state index is -1.20. The number of aryl methyl sites for hydroxylation is 1. The van der Waals surface area contributed by atoms with Crippen LogP contribution in [0, 0.1) is 17.0 Å². The van der Waals surface area contributed by atoms with Gasteiger partial charge in [-0.15, -0.1) is 0 Å². The molecule has 2 rings (SSSR count). The fourth-order valence-corrected chi connectivity index (χ4v) is 1.96. The maximum absolute atomic E-state index is 11.0. The molecule has 21 heavy (non-hydrogen) atoms. The maximum atomic E-state index is 11.0. The van der Waals surface area contributed by atoms with Crippen molar-refractivity contribution in [2.45, 2.75) is 6.92 Å². The van der Waals surface area contributed by atoms with Gasteiger partial charge in [0.1, 0.15) is 5.75 Å². The molecule has 108 valence electrons. The second-order valence-electron chi connectivity index (χ2n) is 4.23. The molecule has 0 radical (unpaired) electrons. The van der Waals surface area contributed by atoms with Crippen LogP contribution < -0.4 is 4.74 Å². The van der Waals surface area contributed by atoms with E-state index >= 15 is 0 Å². The van der Waals surface area contributed by atoms with Crippen molar-refractivity contribution in [3.05, 3.63) is 62.7 Å². The Morgan fingerprint density at radius 2 is 2.05 bits per heavy atom. The Hall–Kier alpha value is -2.60. The van der Waals surface area contributed by atoms with Gasteiger partial charge in [0.2, 0.25) is 5.75 Å². The molecule has 0 bridgehead atoms. The van der Waals surface area contributed by atoms with Crippen molar-refractivity contribution in [1.82, 2.24) is 0 Å². The standard InChI is InChI=1S/C14H10ClNO5/c1-8-3-2-4-12(16(19)20)13(8)21-9-5-6-11(15)10(7-9)14(17)18/h2-7H,1H3,(H,17,18). The summed E-state index contributed by atoms with van der Waals surface area (Å²) in [7, 11) is 0. The number of carboxylic acid groups (broad SMARTS) is 1. The first-order valence-corrected chi connectivity index (χ1v) is 6.22. The first-order chi connectivity index (χ1) is 9.90. The SMILES string of the molecule is Cc1cccc([N+](=O)[O-])c1Oc1ccc(Cl)c(C(=O)O)c1. The van der Waals surface area contributed by atoms with Crippen molar-refractivity contribution >= 4 is 23.3 Å². The van der Waals surface area contributed by atoms with Crippen molar-refractivity contribution < 1.29 is 19.6 Å². The van der Waals surface area contributed by atoms with Crippen LogP contribution in [0.2, 0.25) is 5.02 Å². The lowest BCUT2D eigenvalue weighted by Gasteiger charge is -2.10. The Bertz CT molecular complexity index is 729. The molecule has 0 aromatic heterocycles. The molecule has 0 aliphatic heterocycles. The molecule has 2 aromatic rings. The predicted octanol–water partition coefficient (Wildman–Crippen LogP) is 4.05. The van der Waals surface area contributed by atoms with Crippen molar-refractivity contribution in [3.8, 4) is 11.5 Å². The van der Waals surface area contributed by atoms with E-state index < -0.39 is 10.9 Å². The number of aromatic carboxylic acids is 1. The summed E-state index contributed by atoms with van der Waals surface area (Å²) in [6, 6.07) is 8.56. The smallest absolute Gasteiger partial charge is 0.337 e. The normalized spacial score (nSPS) is 10.2. The summed E-state index contributed by atoms with van der Waals surface area (Å²) in [6.07, 6.45) is 0. The van der Waals surface area contributed by atoms with E-state index in [1.807, 2.05) is 0 Å². The van der Waals surface area contributed by atoms with Crippen molar-refractivity contribution in [2.75, 3.05) is 0 Å². The number of carboxylic acids is 1. The highest BCUT2D eigenvalue weighted by atomic mass is 35.5. The quantitative estimate of drug-likeness (QED) is 0.680. The van der Waals surface area contributed by atoms with E-state index in [1.165, 1.54) is 24.3 Å². The number of hydrogen-bond acceptors (Lipinski definition) is 4. The maximum Gasteiger partial charge on any atom is 0.337 e. The van der Waals surface area contributed by atoms with Gasteiger partial charge in [-0.3, -0.25) is 10.1 Å². The molecular formula is C14H10ClNO5. The molecule has 7 heteroatoms. The fourth-order valence-electron chi connectivity index (χ4n) is 1.76. The van der Waals surface area contributed by atoms with Gasteiger partial charge in [-0.25, -0.2) is 4.79 Å². The highest BCUT2D eigenvalue weighted by Gasteiger charge is 2.19. The average molecular weight is 308 g/mol. The third-order valence-corrected chi connectivity index (χ3v) is 3.11. The monoisotopic (exact) mass is 307 g/mol. The lowest BCUT2D eigenvalue weighted by molar-refractivity contribution is -0.385. The minimum Gasteiger partial charge on any atom is -0.478 e. The van der Waals surface area contributed by atoms with E-state index in [1.54, 1.807) is 19.1 Å². The van der Waals surface area contributed by atoms with Gasteiger partial charge in [0.05, 0.1) is 15.5 Å². The number of ether oxygens (including phenoxy) is 1. The summed E-state index contributed by atoms with van der Waals surface area (Å²) in [5.41, 5.74) is 0.239. The third-order valence-electron chi connectivity index (χ3n) is 2.78. The molecular weight excluding hydrogens is 298 g/mol. The van der Waals surface area contributed by atoms with Crippen LogP contribution in [0.15, 0.2) is 36.4 Å². The van der Waals surface area contributed by atoms with Gasteiger partial charge in [0.25, 0.3) is 0 Å². The number of nitro groups is 1. The van der Waals surface area contributed by atoms with E-state index in [-0.39, 0.29) is 27.8 Å². The van der Waals surface area contributed by atoms with Gasteiger partial charge < -0.3 is 9.84 Å². The Balaban J connectivity index is 2.46. The number of rotatable bonds is 4. The fraction of sp³-hybridized carbons (Fsp3) is 0.0714. The Labute approximate surface area is 124 Å². The lowest BCUT2D eigenvalue weighted by Crippen LogP contribution is -1.99. The number of nitro benzene ring substituents is 1. The second kappa shape index (κ2) is 5.80. The number of benzene rings is 2. The number of nitrogens with zero attached hydrogens (tertiary/aromatic N) is 1. The van der Waals surface area contributed by atoms with Crippen LogP contribution in [0.5, 0.6) is 11.5 Å². The van der Waals surface area contributed by atoms with E-state index in [4.69, 9.17) is 21.4 Å². The van der Waals surface area contributed by atoms with E-state index in [0.29, 0.717) is 5.56 Å². The lowest BCUT2D eigenvalue weighted by atomic mass is 10.2.